The molecule has 1 heterocycles. The van der Waals surface area contributed by atoms with Crippen molar-refractivity contribution in [3.05, 3.63) is 5.82 Å². The van der Waals surface area contributed by atoms with E-state index in [4.69, 9.17) is 10.8 Å². The second-order valence-corrected chi connectivity index (χ2v) is 3.26. The van der Waals surface area contributed by atoms with E-state index >= 15 is 0 Å². The van der Waals surface area contributed by atoms with Crippen molar-refractivity contribution in [1.82, 2.24) is 9.36 Å². The van der Waals surface area contributed by atoms with Gasteiger partial charge in [-0.3, -0.25) is 9.59 Å². The van der Waals surface area contributed by atoms with Crippen LogP contribution in [0.25, 0.3) is 0 Å². The Morgan fingerprint density at radius 1 is 1.69 bits per heavy atom. The smallest absolute Gasteiger partial charge is 0.306 e. The van der Waals surface area contributed by atoms with Crippen molar-refractivity contribution in [1.29, 1.82) is 0 Å². The summed E-state index contributed by atoms with van der Waals surface area (Å²) in [4.78, 5) is 28.9. The van der Waals surface area contributed by atoms with E-state index in [1.807, 2.05) is 0 Å². The van der Waals surface area contributed by atoms with Gasteiger partial charge in [-0.25, -0.2) is 0 Å². The molecule has 0 spiro atoms. The topological polar surface area (TPSA) is 128 Å². The molecule has 0 amide bonds. The molecule has 0 aromatic carbocycles. The quantitative estimate of drug-likeness (QED) is 0.388. The van der Waals surface area contributed by atoms with Gasteiger partial charge < -0.3 is 15.7 Å². The molecule has 0 saturated carbocycles. The van der Waals surface area contributed by atoms with E-state index in [-0.39, 0.29) is 29.7 Å². The highest BCUT2D eigenvalue weighted by molar-refractivity contribution is 7.09. The molecule has 0 saturated heterocycles. The van der Waals surface area contributed by atoms with Gasteiger partial charge in [-0.1, -0.05) is 5.16 Å². The van der Waals surface area contributed by atoms with E-state index in [9.17, 15) is 9.59 Å². The number of aliphatic carboxylic acids is 1. The number of nitrogen functional groups attached to an aromatic ring is 1. The molecular formula is C7H7N4O4S. The van der Waals surface area contributed by atoms with Crippen LogP contribution in [0.3, 0.4) is 0 Å². The lowest BCUT2D eigenvalue weighted by atomic mass is 10.4. The van der Waals surface area contributed by atoms with Crippen molar-refractivity contribution < 1.29 is 19.5 Å². The zero-order chi connectivity index (χ0) is 12.0. The minimum absolute atomic E-state index is 0.00725. The first-order valence-electron chi connectivity index (χ1n) is 4.03. The molecule has 0 unspecified atom stereocenters. The molecule has 8 nitrogen and oxygen atoms in total. The molecule has 1 aromatic heterocycles. The van der Waals surface area contributed by atoms with E-state index in [0.29, 0.717) is 0 Å². The van der Waals surface area contributed by atoms with Gasteiger partial charge in [-0.15, -0.1) is 0 Å². The molecule has 85 valence electrons. The molecule has 16 heavy (non-hydrogen) atoms. The lowest BCUT2D eigenvalue weighted by molar-refractivity contribution is -0.138. The SMILES string of the molecule is Nc1nc(C([C]=O)=NOCCC(=O)O)ns1. The van der Waals surface area contributed by atoms with Gasteiger partial charge in [0.05, 0.1) is 6.42 Å². The van der Waals surface area contributed by atoms with Gasteiger partial charge in [-0.2, -0.15) is 9.36 Å². The summed E-state index contributed by atoms with van der Waals surface area (Å²) in [5, 5.41) is 11.8. The molecule has 1 rings (SSSR count). The standard InChI is InChI=1S/C7H7N4O4S/c8-7-9-6(11-16-7)4(3-12)10-15-2-1-5(13)14/h1-2H2,(H,13,14)(H2,8,9,11). The molecule has 3 N–H and O–H groups in total. The van der Waals surface area contributed by atoms with E-state index in [2.05, 4.69) is 19.4 Å². The second kappa shape index (κ2) is 5.75. The Kier molecular flexibility index (Phi) is 4.33. The average Bonchev–Trinajstić information content (AvgIpc) is 2.64. The fraction of sp³-hybridized carbons (Fsp3) is 0.286. The molecule has 0 bridgehead atoms. The van der Waals surface area contributed by atoms with Crippen LogP contribution < -0.4 is 5.73 Å². The Morgan fingerprint density at radius 2 is 2.44 bits per heavy atom. The van der Waals surface area contributed by atoms with Gasteiger partial charge in [-0.05, 0) is 0 Å². The fourth-order valence-electron chi connectivity index (χ4n) is 0.680. The van der Waals surface area contributed by atoms with Crippen LogP contribution in [0.1, 0.15) is 12.2 Å². The highest BCUT2D eigenvalue weighted by atomic mass is 32.1. The van der Waals surface area contributed by atoms with Crippen molar-refractivity contribution in [3.63, 3.8) is 0 Å². The first kappa shape index (κ1) is 12.0. The number of nitrogens with zero attached hydrogens (tertiary/aromatic N) is 3. The summed E-state index contributed by atoms with van der Waals surface area (Å²) >= 11 is 0.899. The number of carbonyl (C=O) groups is 1. The van der Waals surface area contributed by atoms with Crippen LogP contribution in [0.2, 0.25) is 0 Å². The van der Waals surface area contributed by atoms with Crippen molar-refractivity contribution in [2.75, 3.05) is 12.3 Å². The zero-order valence-electron chi connectivity index (χ0n) is 7.91. The van der Waals surface area contributed by atoms with Crippen LogP contribution >= 0.6 is 11.5 Å². The second-order valence-electron chi connectivity index (χ2n) is 2.48. The molecule has 0 fully saturated rings. The Bertz CT molecular complexity index is 416. The van der Waals surface area contributed by atoms with Crippen molar-refractivity contribution >= 4 is 34.6 Å². The molecule has 0 atom stereocenters. The largest absolute Gasteiger partial charge is 0.481 e. The first-order chi connectivity index (χ1) is 7.63. The summed E-state index contributed by atoms with van der Waals surface area (Å²) in [7, 11) is 0. The van der Waals surface area contributed by atoms with Crippen molar-refractivity contribution in [3.8, 4) is 0 Å². The van der Waals surface area contributed by atoms with E-state index in [0.717, 1.165) is 11.5 Å². The Morgan fingerprint density at radius 3 is 2.94 bits per heavy atom. The Balaban J connectivity index is 2.57. The van der Waals surface area contributed by atoms with Gasteiger partial charge in [0.2, 0.25) is 5.82 Å². The number of carbonyl (C=O) groups excluding carboxylic acids is 1. The molecule has 0 aliphatic carbocycles. The molecular weight excluding hydrogens is 236 g/mol. The molecule has 1 aromatic rings. The van der Waals surface area contributed by atoms with Gasteiger partial charge in [0.25, 0.3) is 6.29 Å². The normalized spacial score (nSPS) is 11.1. The zero-order valence-corrected chi connectivity index (χ0v) is 8.73. The third kappa shape index (κ3) is 3.61. The molecule has 0 aliphatic rings. The molecule has 9 heteroatoms. The van der Waals surface area contributed by atoms with Crippen LogP contribution in [0.5, 0.6) is 0 Å². The third-order valence-corrected chi connectivity index (χ3v) is 1.86. The maximum Gasteiger partial charge on any atom is 0.306 e. The minimum Gasteiger partial charge on any atom is -0.481 e. The van der Waals surface area contributed by atoms with Gasteiger partial charge in [0.15, 0.2) is 10.8 Å². The predicted molar refractivity (Wildman–Crippen MR) is 54.8 cm³/mol. The summed E-state index contributed by atoms with van der Waals surface area (Å²) in [6.07, 6.45) is 1.25. The predicted octanol–water partition coefficient (Wildman–Crippen LogP) is -0.575. The van der Waals surface area contributed by atoms with Crippen LogP contribution in [0.15, 0.2) is 5.16 Å². The maximum atomic E-state index is 10.5. The highest BCUT2D eigenvalue weighted by Crippen LogP contribution is 2.06. The summed E-state index contributed by atoms with van der Waals surface area (Å²) in [6.45, 7) is -0.153. The summed E-state index contributed by atoms with van der Waals surface area (Å²) in [5.74, 6) is -1.02. The van der Waals surface area contributed by atoms with Gasteiger partial charge in [0, 0.05) is 11.5 Å². The number of aromatic nitrogens is 2. The molecule has 1 radical (unpaired) electrons. The van der Waals surface area contributed by atoms with Gasteiger partial charge >= 0.3 is 5.97 Å². The van der Waals surface area contributed by atoms with E-state index in [1.54, 1.807) is 0 Å². The maximum absolute atomic E-state index is 10.5. The summed E-state index contributed by atoms with van der Waals surface area (Å²) in [6, 6.07) is 0. The van der Waals surface area contributed by atoms with Gasteiger partial charge in [0.1, 0.15) is 6.61 Å². The number of rotatable bonds is 6. The van der Waals surface area contributed by atoms with E-state index in [1.165, 1.54) is 6.29 Å². The lowest BCUT2D eigenvalue weighted by Gasteiger charge is -1.95. The average molecular weight is 243 g/mol. The number of hydrogen-bond acceptors (Lipinski definition) is 8. The van der Waals surface area contributed by atoms with Crippen LogP contribution in [0, 0.1) is 0 Å². The number of hydrogen-bond donors (Lipinski definition) is 2. The Hall–Kier alpha value is -2.03. The Labute approximate surface area is 93.9 Å². The van der Waals surface area contributed by atoms with E-state index < -0.39 is 5.97 Å². The van der Waals surface area contributed by atoms with Crippen molar-refractivity contribution in [2.45, 2.75) is 6.42 Å². The number of carboxylic acids is 1. The summed E-state index contributed by atoms with van der Waals surface area (Å²) in [5.41, 5.74) is 5.06. The number of anilines is 1. The third-order valence-electron chi connectivity index (χ3n) is 1.31. The lowest BCUT2D eigenvalue weighted by Crippen LogP contribution is -2.07. The monoisotopic (exact) mass is 243 g/mol. The highest BCUT2D eigenvalue weighted by Gasteiger charge is 2.10. The molecule has 0 aliphatic heterocycles. The first-order valence-corrected chi connectivity index (χ1v) is 4.80. The number of oxime groups is 1. The van der Waals surface area contributed by atoms with Crippen LogP contribution in [-0.2, 0) is 14.4 Å². The fourth-order valence-corrected chi connectivity index (χ4v) is 1.11. The van der Waals surface area contributed by atoms with Crippen molar-refractivity contribution in [2.24, 2.45) is 5.16 Å². The van der Waals surface area contributed by atoms with Crippen LogP contribution in [0.4, 0.5) is 5.13 Å². The summed E-state index contributed by atoms with van der Waals surface area (Å²) < 4.78 is 3.72. The van der Waals surface area contributed by atoms with Crippen LogP contribution in [-0.4, -0.2) is 39.0 Å². The number of carboxylic acid groups (broad SMARTS) is 1. The minimum atomic E-state index is -1.03. The number of nitrogens with two attached hydrogens (primary N) is 1.